The molecule has 0 aromatic heterocycles. The van der Waals surface area contributed by atoms with Gasteiger partial charge in [0.25, 0.3) is 0 Å². The summed E-state index contributed by atoms with van der Waals surface area (Å²) in [5.74, 6) is 1.11. The van der Waals surface area contributed by atoms with E-state index in [4.69, 9.17) is 4.74 Å². The summed E-state index contributed by atoms with van der Waals surface area (Å²) in [5, 5.41) is 6.83. The fraction of sp³-hybridized carbons (Fsp3) is 0.458. The number of nitrogens with one attached hydrogen (secondary N) is 2. The molecule has 1 amide bonds. The maximum atomic E-state index is 12.5. The number of carbonyl (C=O) groups is 1. The highest BCUT2D eigenvalue weighted by Gasteiger charge is 2.38. The van der Waals surface area contributed by atoms with Gasteiger partial charge in [0.15, 0.2) is 0 Å². The van der Waals surface area contributed by atoms with Gasteiger partial charge in [0.2, 0.25) is 5.91 Å². The number of piperidine rings is 1. The van der Waals surface area contributed by atoms with E-state index in [0.717, 1.165) is 49.5 Å². The average molecular weight is 394 g/mol. The number of rotatable bonds is 4. The second kappa shape index (κ2) is 8.46. The summed E-state index contributed by atoms with van der Waals surface area (Å²) >= 11 is 0. The number of likely N-dealkylation sites (tertiary alicyclic amines) is 1. The maximum absolute atomic E-state index is 12.5. The van der Waals surface area contributed by atoms with Crippen LogP contribution in [0.25, 0.3) is 0 Å². The summed E-state index contributed by atoms with van der Waals surface area (Å²) in [4.78, 5) is 14.9. The van der Waals surface area contributed by atoms with Crippen LogP contribution in [-0.4, -0.2) is 35.5 Å². The SMILES string of the molecule is CC(C)Oc1ccccc1CN1CCC2(CC1)CC(=O)NCc1ccccc1N2. The lowest BCUT2D eigenvalue weighted by Gasteiger charge is -2.44. The molecule has 0 aliphatic carbocycles. The number of anilines is 1. The van der Waals surface area contributed by atoms with Gasteiger partial charge in [0.1, 0.15) is 5.75 Å². The quantitative estimate of drug-likeness (QED) is 0.826. The maximum Gasteiger partial charge on any atom is 0.222 e. The van der Waals surface area contributed by atoms with Gasteiger partial charge in [-0.2, -0.15) is 0 Å². The number of para-hydroxylation sites is 2. The molecule has 2 aliphatic heterocycles. The fourth-order valence-electron chi connectivity index (χ4n) is 4.38. The first-order chi connectivity index (χ1) is 14.0. The Labute approximate surface area is 173 Å². The van der Waals surface area contributed by atoms with Crippen molar-refractivity contribution in [2.24, 2.45) is 0 Å². The molecule has 0 unspecified atom stereocenters. The van der Waals surface area contributed by atoms with E-state index in [-0.39, 0.29) is 17.6 Å². The molecule has 2 N–H and O–H groups in total. The van der Waals surface area contributed by atoms with Gasteiger partial charge in [0.05, 0.1) is 6.10 Å². The number of hydrogen-bond acceptors (Lipinski definition) is 4. The first-order valence-corrected chi connectivity index (χ1v) is 10.6. The lowest BCUT2D eigenvalue weighted by molar-refractivity contribution is -0.122. The van der Waals surface area contributed by atoms with Crippen molar-refractivity contribution in [1.29, 1.82) is 0 Å². The minimum Gasteiger partial charge on any atom is -0.491 e. The molecule has 0 bridgehead atoms. The minimum atomic E-state index is -0.176. The number of ether oxygens (including phenoxy) is 1. The molecular formula is C24H31N3O2. The summed E-state index contributed by atoms with van der Waals surface area (Å²) in [6, 6.07) is 16.6. The molecule has 2 aliphatic rings. The van der Waals surface area contributed by atoms with Gasteiger partial charge < -0.3 is 15.4 Å². The molecule has 1 spiro atoms. The smallest absolute Gasteiger partial charge is 0.222 e. The monoisotopic (exact) mass is 393 g/mol. The van der Waals surface area contributed by atoms with Gasteiger partial charge in [-0.25, -0.2) is 0 Å². The standard InChI is InChI=1S/C24H31N3O2/c1-18(2)29-22-10-6-4-8-20(22)17-27-13-11-24(12-14-27)15-23(28)25-16-19-7-3-5-9-21(19)26-24/h3-10,18,26H,11-17H2,1-2H3,(H,25,28). The van der Waals surface area contributed by atoms with Gasteiger partial charge in [-0.15, -0.1) is 0 Å². The van der Waals surface area contributed by atoms with E-state index in [1.807, 2.05) is 12.1 Å². The molecule has 5 nitrogen and oxygen atoms in total. The third-order valence-electron chi connectivity index (χ3n) is 5.93. The van der Waals surface area contributed by atoms with Crippen molar-refractivity contribution in [1.82, 2.24) is 10.2 Å². The van der Waals surface area contributed by atoms with Crippen LogP contribution < -0.4 is 15.4 Å². The van der Waals surface area contributed by atoms with Crippen LogP contribution in [0.3, 0.4) is 0 Å². The van der Waals surface area contributed by atoms with E-state index in [9.17, 15) is 4.79 Å². The summed E-state index contributed by atoms with van der Waals surface area (Å²) in [6.07, 6.45) is 2.59. The lowest BCUT2D eigenvalue weighted by Crippen LogP contribution is -2.52. The number of benzene rings is 2. The Morgan fingerprint density at radius 2 is 1.79 bits per heavy atom. The van der Waals surface area contributed by atoms with E-state index in [1.54, 1.807) is 0 Å². The summed E-state index contributed by atoms with van der Waals surface area (Å²) in [7, 11) is 0. The summed E-state index contributed by atoms with van der Waals surface area (Å²) in [5.41, 5.74) is 3.36. The number of nitrogens with zero attached hydrogens (tertiary/aromatic N) is 1. The summed E-state index contributed by atoms with van der Waals surface area (Å²) < 4.78 is 5.99. The topological polar surface area (TPSA) is 53.6 Å². The third-order valence-corrected chi connectivity index (χ3v) is 5.93. The highest BCUT2D eigenvalue weighted by atomic mass is 16.5. The molecule has 5 heteroatoms. The Bertz CT molecular complexity index is 857. The Kier molecular flexibility index (Phi) is 5.76. The van der Waals surface area contributed by atoms with Gasteiger partial charge in [0, 0.05) is 49.4 Å². The van der Waals surface area contributed by atoms with E-state index in [0.29, 0.717) is 13.0 Å². The van der Waals surface area contributed by atoms with Crippen molar-refractivity contribution in [3.8, 4) is 5.75 Å². The van der Waals surface area contributed by atoms with Gasteiger partial charge in [-0.05, 0) is 44.4 Å². The normalized spacial score (nSPS) is 19.1. The average Bonchev–Trinajstić information content (AvgIpc) is 2.69. The molecule has 0 radical (unpaired) electrons. The van der Waals surface area contributed by atoms with Crippen LogP contribution in [0, 0.1) is 0 Å². The van der Waals surface area contributed by atoms with Gasteiger partial charge in [-0.3, -0.25) is 9.69 Å². The molecule has 0 atom stereocenters. The number of amides is 1. The van der Waals surface area contributed by atoms with Gasteiger partial charge in [-0.1, -0.05) is 36.4 Å². The van der Waals surface area contributed by atoms with Crippen molar-refractivity contribution in [3.05, 3.63) is 59.7 Å². The lowest BCUT2D eigenvalue weighted by atomic mass is 9.82. The number of fused-ring (bicyclic) bond motifs is 1. The zero-order valence-corrected chi connectivity index (χ0v) is 17.4. The van der Waals surface area contributed by atoms with Crippen molar-refractivity contribution in [2.75, 3.05) is 18.4 Å². The van der Waals surface area contributed by atoms with E-state index >= 15 is 0 Å². The zero-order chi connectivity index (χ0) is 20.3. The highest BCUT2D eigenvalue weighted by Crippen LogP contribution is 2.34. The van der Waals surface area contributed by atoms with E-state index in [2.05, 4.69) is 65.8 Å². The fourth-order valence-corrected chi connectivity index (χ4v) is 4.38. The second-order valence-electron chi connectivity index (χ2n) is 8.57. The van der Waals surface area contributed by atoms with Crippen molar-refractivity contribution < 1.29 is 9.53 Å². The van der Waals surface area contributed by atoms with Crippen molar-refractivity contribution in [2.45, 2.75) is 57.8 Å². The number of carbonyl (C=O) groups excluding carboxylic acids is 1. The molecule has 1 fully saturated rings. The van der Waals surface area contributed by atoms with Crippen LogP contribution in [0.4, 0.5) is 5.69 Å². The minimum absolute atomic E-state index is 0.135. The molecular weight excluding hydrogens is 362 g/mol. The van der Waals surface area contributed by atoms with Crippen LogP contribution in [0.15, 0.2) is 48.5 Å². The summed E-state index contributed by atoms with van der Waals surface area (Å²) in [6.45, 7) is 7.50. The predicted molar refractivity (Wildman–Crippen MR) is 116 cm³/mol. The van der Waals surface area contributed by atoms with Gasteiger partial charge >= 0.3 is 0 Å². The van der Waals surface area contributed by atoms with Crippen LogP contribution >= 0.6 is 0 Å². The highest BCUT2D eigenvalue weighted by molar-refractivity contribution is 5.79. The molecule has 1 saturated heterocycles. The molecule has 2 aromatic carbocycles. The molecule has 154 valence electrons. The van der Waals surface area contributed by atoms with Crippen LogP contribution in [0.2, 0.25) is 0 Å². The first-order valence-electron chi connectivity index (χ1n) is 10.6. The van der Waals surface area contributed by atoms with E-state index in [1.165, 1.54) is 5.56 Å². The molecule has 2 heterocycles. The number of hydrogen-bond donors (Lipinski definition) is 2. The zero-order valence-electron chi connectivity index (χ0n) is 17.4. The molecule has 2 aromatic rings. The third kappa shape index (κ3) is 4.73. The molecule has 29 heavy (non-hydrogen) atoms. The Morgan fingerprint density at radius 3 is 2.59 bits per heavy atom. The second-order valence-corrected chi connectivity index (χ2v) is 8.57. The molecule has 0 saturated carbocycles. The van der Waals surface area contributed by atoms with Crippen LogP contribution in [0.1, 0.15) is 44.2 Å². The van der Waals surface area contributed by atoms with Crippen LogP contribution in [0.5, 0.6) is 5.75 Å². The largest absolute Gasteiger partial charge is 0.491 e. The molecule has 4 rings (SSSR count). The Balaban J connectivity index is 1.46. The van der Waals surface area contributed by atoms with Crippen LogP contribution in [-0.2, 0) is 17.9 Å². The van der Waals surface area contributed by atoms with Crippen molar-refractivity contribution >= 4 is 11.6 Å². The first kappa shape index (κ1) is 19.8. The Hall–Kier alpha value is -2.53. The van der Waals surface area contributed by atoms with Crippen molar-refractivity contribution in [3.63, 3.8) is 0 Å². The Morgan fingerprint density at radius 1 is 1.07 bits per heavy atom. The predicted octanol–water partition coefficient (Wildman–Crippen LogP) is 3.94. The van der Waals surface area contributed by atoms with E-state index < -0.39 is 0 Å².